The standard InChI is InChI=1S/C14H16F2O3/c15-10-4-5-12(13(16)7-10)14(17)9-18-8-11-3-1-2-6-19-11/h4-5,7,11H,1-3,6,8-9H2. The predicted molar refractivity (Wildman–Crippen MR) is 65.1 cm³/mol. The Kier molecular flexibility index (Phi) is 4.99. The van der Waals surface area contributed by atoms with Crippen LogP contribution < -0.4 is 0 Å². The summed E-state index contributed by atoms with van der Waals surface area (Å²) in [6.07, 6.45) is 3.07. The van der Waals surface area contributed by atoms with E-state index in [0.717, 1.165) is 31.4 Å². The van der Waals surface area contributed by atoms with Gasteiger partial charge in [0, 0.05) is 12.7 Å². The minimum absolute atomic E-state index is 0.0135. The second-order valence-electron chi connectivity index (χ2n) is 4.55. The van der Waals surface area contributed by atoms with Crippen molar-refractivity contribution in [2.24, 2.45) is 0 Å². The van der Waals surface area contributed by atoms with Gasteiger partial charge in [0.2, 0.25) is 0 Å². The summed E-state index contributed by atoms with van der Waals surface area (Å²) in [4.78, 5) is 11.7. The maximum absolute atomic E-state index is 13.3. The first-order valence-electron chi connectivity index (χ1n) is 6.34. The van der Waals surface area contributed by atoms with E-state index in [9.17, 15) is 13.6 Å². The minimum Gasteiger partial charge on any atom is -0.376 e. The number of carbonyl (C=O) groups is 1. The molecule has 0 amide bonds. The summed E-state index contributed by atoms with van der Waals surface area (Å²) >= 11 is 0. The number of rotatable bonds is 5. The number of ketones is 1. The third kappa shape index (κ3) is 4.08. The molecular weight excluding hydrogens is 254 g/mol. The van der Waals surface area contributed by atoms with Crippen LogP contribution >= 0.6 is 0 Å². The molecule has 5 heteroatoms. The quantitative estimate of drug-likeness (QED) is 0.772. The molecule has 1 fully saturated rings. The molecule has 1 saturated heterocycles. The first kappa shape index (κ1) is 14.1. The Morgan fingerprint density at radius 3 is 2.89 bits per heavy atom. The van der Waals surface area contributed by atoms with Gasteiger partial charge in [-0.1, -0.05) is 0 Å². The molecule has 0 aromatic heterocycles. The Hall–Kier alpha value is -1.33. The highest BCUT2D eigenvalue weighted by molar-refractivity contribution is 5.97. The van der Waals surface area contributed by atoms with E-state index in [1.807, 2.05) is 0 Å². The fraction of sp³-hybridized carbons (Fsp3) is 0.500. The van der Waals surface area contributed by atoms with E-state index in [1.54, 1.807) is 0 Å². The van der Waals surface area contributed by atoms with Crippen LogP contribution in [0.5, 0.6) is 0 Å². The molecule has 2 rings (SSSR count). The van der Waals surface area contributed by atoms with E-state index in [4.69, 9.17) is 9.47 Å². The molecule has 104 valence electrons. The second kappa shape index (κ2) is 6.73. The molecule has 1 heterocycles. The molecule has 0 saturated carbocycles. The van der Waals surface area contributed by atoms with Gasteiger partial charge in [0.1, 0.15) is 18.2 Å². The molecule has 3 nitrogen and oxygen atoms in total. The van der Waals surface area contributed by atoms with E-state index >= 15 is 0 Å². The Morgan fingerprint density at radius 2 is 2.21 bits per heavy atom. The van der Waals surface area contributed by atoms with Crippen molar-refractivity contribution in [1.29, 1.82) is 0 Å². The number of halogens is 2. The molecule has 0 bridgehead atoms. The molecule has 1 aliphatic rings. The van der Waals surface area contributed by atoms with Crippen LogP contribution in [0, 0.1) is 11.6 Å². The zero-order chi connectivity index (χ0) is 13.7. The zero-order valence-electron chi connectivity index (χ0n) is 10.5. The number of benzene rings is 1. The highest BCUT2D eigenvalue weighted by Crippen LogP contribution is 2.14. The van der Waals surface area contributed by atoms with Crippen molar-refractivity contribution in [1.82, 2.24) is 0 Å². The van der Waals surface area contributed by atoms with Crippen molar-refractivity contribution in [2.75, 3.05) is 19.8 Å². The lowest BCUT2D eigenvalue weighted by molar-refractivity contribution is -0.0371. The average Bonchev–Trinajstić information content (AvgIpc) is 2.39. The summed E-state index contributed by atoms with van der Waals surface area (Å²) in [5.41, 5.74) is -0.147. The van der Waals surface area contributed by atoms with Gasteiger partial charge in [-0.25, -0.2) is 8.78 Å². The van der Waals surface area contributed by atoms with E-state index < -0.39 is 17.4 Å². The largest absolute Gasteiger partial charge is 0.376 e. The van der Waals surface area contributed by atoms with Crippen molar-refractivity contribution >= 4 is 5.78 Å². The number of carbonyl (C=O) groups excluding carboxylic acids is 1. The molecule has 1 aromatic carbocycles. The van der Waals surface area contributed by atoms with Gasteiger partial charge in [-0.2, -0.15) is 0 Å². The Morgan fingerprint density at radius 1 is 1.37 bits per heavy atom. The van der Waals surface area contributed by atoms with Crippen LogP contribution in [0.15, 0.2) is 18.2 Å². The van der Waals surface area contributed by atoms with Gasteiger partial charge in [-0.15, -0.1) is 0 Å². The summed E-state index contributed by atoms with van der Waals surface area (Å²) in [5, 5.41) is 0. The third-order valence-corrected chi connectivity index (χ3v) is 3.04. The van der Waals surface area contributed by atoms with Gasteiger partial charge >= 0.3 is 0 Å². The van der Waals surface area contributed by atoms with Crippen LogP contribution in [-0.2, 0) is 9.47 Å². The molecule has 1 aromatic rings. The lowest BCUT2D eigenvalue weighted by Gasteiger charge is -2.22. The normalized spacial score (nSPS) is 19.4. The Labute approximate surface area is 110 Å². The third-order valence-electron chi connectivity index (χ3n) is 3.04. The second-order valence-corrected chi connectivity index (χ2v) is 4.55. The Balaban J connectivity index is 1.80. The van der Waals surface area contributed by atoms with Crippen molar-refractivity contribution < 1.29 is 23.0 Å². The van der Waals surface area contributed by atoms with Crippen LogP contribution in [0.3, 0.4) is 0 Å². The summed E-state index contributed by atoms with van der Waals surface area (Å²) in [6.45, 7) is 0.825. The van der Waals surface area contributed by atoms with Crippen LogP contribution in [0.25, 0.3) is 0 Å². The predicted octanol–water partition coefficient (Wildman–Crippen LogP) is 2.73. The first-order chi connectivity index (χ1) is 9.16. The first-order valence-corrected chi connectivity index (χ1v) is 6.34. The Bertz CT molecular complexity index is 442. The summed E-state index contributed by atoms with van der Waals surface area (Å²) < 4.78 is 36.7. The van der Waals surface area contributed by atoms with Gasteiger partial charge in [0.25, 0.3) is 0 Å². The number of hydrogen-bond donors (Lipinski definition) is 0. The smallest absolute Gasteiger partial charge is 0.191 e. The van der Waals surface area contributed by atoms with E-state index in [2.05, 4.69) is 0 Å². The number of ether oxygens (including phenoxy) is 2. The van der Waals surface area contributed by atoms with Gasteiger partial charge in [0.15, 0.2) is 5.78 Å². The molecule has 0 aliphatic carbocycles. The highest BCUT2D eigenvalue weighted by Gasteiger charge is 2.16. The fourth-order valence-corrected chi connectivity index (χ4v) is 2.02. The summed E-state index contributed by atoms with van der Waals surface area (Å²) in [5.74, 6) is -2.05. The maximum Gasteiger partial charge on any atom is 0.191 e. The topological polar surface area (TPSA) is 35.5 Å². The van der Waals surface area contributed by atoms with E-state index in [0.29, 0.717) is 19.3 Å². The number of hydrogen-bond acceptors (Lipinski definition) is 3. The van der Waals surface area contributed by atoms with Crippen molar-refractivity contribution in [2.45, 2.75) is 25.4 Å². The van der Waals surface area contributed by atoms with Crippen LogP contribution in [0.2, 0.25) is 0 Å². The van der Waals surface area contributed by atoms with Gasteiger partial charge < -0.3 is 9.47 Å². The van der Waals surface area contributed by atoms with Gasteiger partial charge in [-0.05, 0) is 31.4 Å². The lowest BCUT2D eigenvalue weighted by Crippen LogP contribution is -2.26. The molecule has 19 heavy (non-hydrogen) atoms. The van der Waals surface area contributed by atoms with E-state index in [-0.39, 0.29) is 18.3 Å². The van der Waals surface area contributed by atoms with Gasteiger partial charge in [-0.3, -0.25) is 4.79 Å². The van der Waals surface area contributed by atoms with Crippen LogP contribution in [0.1, 0.15) is 29.6 Å². The molecule has 1 unspecified atom stereocenters. The molecule has 1 aliphatic heterocycles. The van der Waals surface area contributed by atoms with Crippen LogP contribution in [-0.4, -0.2) is 31.7 Å². The number of Topliss-reactive ketones (excluding diaryl/α,β-unsaturated/α-hetero) is 1. The summed E-state index contributed by atoms with van der Waals surface area (Å²) in [6, 6.07) is 2.88. The molecule has 0 radical (unpaired) electrons. The molecule has 0 N–H and O–H groups in total. The van der Waals surface area contributed by atoms with Crippen LogP contribution in [0.4, 0.5) is 8.78 Å². The average molecular weight is 270 g/mol. The maximum atomic E-state index is 13.3. The summed E-state index contributed by atoms with van der Waals surface area (Å²) in [7, 11) is 0. The highest BCUT2D eigenvalue weighted by atomic mass is 19.1. The zero-order valence-corrected chi connectivity index (χ0v) is 10.5. The van der Waals surface area contributed by atoms with Crippen molar-refractivity contribution in [3.8, 4) is 0 Å². The monoisotopic (exact) mass is 270 g/mol. The SMILES string of the molecule is O=C(COCC1CCCCO1)c1ccc(F)cc1F. The minimum atomic E-state index is -0.859. The molecule has 1 atom stereocenters. The van der Waals surface area contributed by atoms with Crippen molar-refractivity contribution in [3.63, 3.8) is 0 Å². The van der Waals surface area contributed by atoms with Gasteiger partial charge in [0.05, 0.1) is 18.3 Å². The van der Waals surface area contributed by atoms with Crippen molar-refractivity contribution in [3.05, 3.63) is 35.4 Å². The molecule has 0 spiro atoms. The fourth-order valence-electron chi connectivity index (χ4n) is 2.02. The van der Waals surface area contributed by atoms with E-state index in [1.165, 1.54) is 0 Å². The molecular formula is C14H16F2O3. The lowest BCUT2D eigenvalue weighted by atomic mass is 10.1.